The molecule has 0 atom stereocenters. The molecule has 18 heavy (non-hydrogen) atoms. The number of guanidine groups is 1. The van der Waals surface area contributed by atoms with Gasteiger partial charge in [0, 0.05) is 23.4 Å². The average Bonchev–Trinajstić information content (AvgIpc) is 2.61. The van der Waals surface area contributed by atoms with Crippen molar-refractivity contribution in [2.75, 3.05) is 19.6 Å². The van der Waals surface area contributed by atoms with Crippen molar-refractivity contribution in [2.45, 2.75) is 31.1 Å². The second-order valence-corrected chi connectivity index (χ2v) is 7.72. The van der Waals surface area contributed by atoms with E-state index in [1.807, 2.05) is 11.3 Å². The summed E-state index contributed by atoms with van der Waals surface area (Å²) < 4.78 is 1.21. The lowest BCUT2D eigenvalue weighted by molar-refractivity contribution is 0.254. The zero-order chi connectivity index (χ0) is 12.6. The molecule has 0 unspecified atom stereocenters. The van der Waals surface area contributed by atoms with E-state index in [0.29, 0.717) is 0 Å². The lowest BCUT2D eigenvalue weighted by atomic mass is 9.68. The van der Waals surface area contributed by atoms with Gasteiger partial charge in [-0.1, -0.05) is 6.42 Å². The molecule has 5 heteroatoms. The third-order valence-corrected chi connectivity index (χ3v) is 6.00. The van der Waals surface area contributed by atoms with E-state index in [9.17, 15) is 0 Å². The highest BCUT2D eigenvalue weighted by Gasteiger charge is 2.39. The fourth-order valence-corrected chi connectivity index (χ4v) is 4.19. The number of nitrogens with zero attached hydrogens (tertiary/aromatic N) is 2. The van der Waals surface area contributed by atoms with E-state index in [1.54, 1.807) is 0 Å². The summed E-state index contributed by atoms with van der Waals surface area (Å²) in [7, 11) is 0. The Bertz CT molecular complexity index is 461. The first-order valence-electron chi connectivity index (χ1n) is 6.50. The van der Waals surface area contributed by atoms with E-state index in [2.05, 4.69) is 38.0 Å². The summed E-state index contributed by atoms with van der Waals surface area (Å²) in [6.07, 6.45) is 5.06. The third kappa shape index (κ3) is 2.18. The lowest BCUT2D eigenvalue weighted by Gasteiger charge is -2.40. The Morgan fingerprint density at radius 2 is 2.17 bits per heavy atom. The number of hydrogen-bond acceptors (Lipinski definition) is 2. The molecule has 1 aliphatic heterocycles. The largest absolute Gasteiger partial charge is 0.370 e. The van der Waals surface area contributed by atoms with Crippen molar-refractivity contribution < 1.29 is 0 Å². The first-order valence-corrected chi connectivity index (χ1v) is 8.11. The van der Waals surface area contributed by atoms with Crippen LogP contribution in [0.15, 0.2) is 20.9 Å². The van der Waals surface area contributed by atoms with E-state index in [1.165, 1.54) is 34.3 Å². The SMILES string of the molecule is NC(=NCC1(c2ccc(Br)s2)CCC1)N1CCC1. The maximum Gasteiger partial charge on any atom is 0.191 e. The summed E-state index contributed by atoms with van der Waals surface area (Å²) >= 11 is 5.39. The molecule has 0 bridgehead atoms. The molecule has 1 saturated heterocycles. The summed E-state index contributed by atoms with van der Waals surface area (Å²) in [6.45, 7) is 3.00. The van der Waals surface area contributed by atoms with E-state index < -0.39 is 0 Å². The highest BCUT2D eigenvalue weighted by Crippen LogP contribution is 2.47. The second-order valence-electron chi connectivity index (χ2n) is 5.25. The Morgan fingerprint density at radius 3 is 2.61 bits per heavy atom. The zero-order valence-electron chi connectivity index (χ0n) is 10.4. The zero-order valence-corrected chi connectivity index (χ0v) is 12.8. The van der Waals surface area contributed by atoms with Crippen molar-refractivity contribution in [3.63, 3.8) is 0 Å². The van der Waals surface area contributed by atoms with Gasteiger partial charge in [-0.3, -0.25) is 4.99 Å². The van der Waals surface area contributed by atoms with Crippen LogP contribution >= 0.6 is 27.3 Å². The summed E-state index contributed by atoms with van der Waals surface area (Å²) in [5.41, 5.74) is 6.29. The van der Waals surface area contributed by atoms with Crippen LogP contribution in [-0.2, 0) is 5.41 Å². The van der Waals surface area contributed by atoms with Crippen LogP contribution in [0, 0.1) is 0 Å². The Kier molecular flexibility index (Phi) is 3.36. The smallest absolute Gasteiger partial charge is 0.191 e. The van der Waals surface area contributed by atoms with Crippen molar-refractivity contribution in [3.05, 3.63) is 20.8 Å². The molecule has 2 aliphatic rings. The quantitative estimate of drug-likeness (QED) is 0.685. The third-order valence-electron chi connectivity index (χ3n) is 4.13. The number of halogens is 1. The molecule has 2 N–H and O–H groups in total. The maximum absolute atomic E-state index is 6.02. The van der Waals surface area contributed by atoms with Gasteiger partial charge in [0.05, 0.1) is 10.3 Å². The first-order chi connectivity index (χ1) is 8.70. The Hall–Kier alpha value is -0.550. The normalized spacial score (nSPS) is 22.5. The van der Waals surface area contributed by atoms with Crippen molar-refractivity contribution in [2.24, 2.45) is 10.7 Å². The van der Waals surface area contributed by atoms with Crippen molar-refractivity contribution in [3.8, 4) is 0 Å². The van der Waals surface area contributed by atoms with Gasteiger partial charge in [0.15, 0.2) is 5.96 Å². The van der Waals surface area contributed by atoms with Crippen LogP contribution in [0.3, 0.4) is 0 Å². The van der Waals surface area contributed by atoms with Gasteiger partial charge in [0.1, 0.15) is 0 Å². The molecule has 0 aromatic carbocycles. The molecule has 1 aromatic heterocycles. The summed E-state index contributed by atoms with van der Waals surface area (Å²) in [4.78, 5) is 8.26. The van der Waals surface area contributed by atoms with Gasteiger partial charge < -0.3 is 10.6 Å². The number of aliphatic imine (C=N–C) groups is 1. The van der Waals surface area contributed by atoms with Gasteiger partial charge >= 0.3 is 0 Å². The fourth-order valence-electron chi connectivity index (χ4n) is 2.56. The lowest BCUT2D eigenvalue weighted by Crippen LogP contribution is -2.47. The number of nitrogens with two attached hydrogens (primary N) is 1. The average molecular weight is 328 g/mol. The molecule has 2 fully saturated rings. The van der Waals surface area contributed by atoms with E-state index >= 15 is 0 Å². The first kappa shape index (κ1) is 12.5. The molecule has 0 amide bonds. The van der Waals surface area contributed by atoms with Gasteiger partial charge in [-0.05, 0) is 47.3 Å². The van der Waals surface area contributed by atoms with Crippen molar-refractivity contribution in [1.82, 2.24) is 4.90 Å². The number of rotatable bonds is 3. The molecule has 0 radical (unpaired) electrons. The molecule has 1 aliphatic carbocycles. The predicted molar refractivity (Wildman–Crippen MR) is 80.2 cm³/mol. The Morgan fingerprint density at radius 1 is 1.39 bits per heavy atom. The van der Waals surface area contributed by atoms with E-state index in [-0.39, 0.29) is 5.41 Å². The fraction of sp³-hybridized carbons (Fsp3) is 0.615. The van der Waals surface area contributed by atoms with Gasteiger partial charge in [0.2, 0.25) is 0 Å². The summed E-state index contributed by atoms with van der Waals surface area (Å²) in [5, 5.41) is 0. The molecule has 1 aromatic rings. The minimum atomic E-state index is 0.270. The standard InChI is InChI=1S/C13H18BrN3S/c14-11-4-3-10(18-11)13(5-1-6-13)9-16-12(15)17-7-2-8-17/h3-4H,1-2,5-9H2,(H2,15,16). The van der Waals surface area contributed by atoms with Crippen LogP contribution in [0.4, 0.5) is 0 Å². The minimum absolute atomic E-state index is 0.270. The summed E-state index contributed by atoms with van der Waals surface area (Å²) in [6, 6.07) is 4.38. The van der Waals surface area contributed by atoms with Gasteiger partial charge in [-0.25, -0.2) is 0 Å². The highest BCUT2D eigenvalue weighted by molar-refractivity contribution is 9.11. The number of hydrogen-bond donors (Lipinski definition) is 1. The van der Waals surface area contributed by atoms with Gasteiger partial charge in [-0.2, -0.15) is 0 Å². The second kappa shape index (κ2) is 4.85. The van der Waals surface area contributed by atoms with Crippen LogP contribution in [0.1, 0.15) is 30.6 Å². The molecule has 3 rings (SSSR count). The molecular formula is C13H18BrN3S. The van der Waals surface area contributed by atoms with Crippen LogP contribution in [-0.4, -0.2) is 30.5 Å². The van der Waals surface area contributed by atoms with Crippen molar-refractivity contribution >= 4 is 33.2 Å². The molecule has 1 saturated carbocycles. The summed E-state index contributed by atoms with van der Waals surface area (Å²) in [5.74, 6) is 0.739. The monoisotopic (exact) mass is 327 g/mol. The molecule has 0 spiro atoms. The molecule has 2 heterocycles. The topological polar surface area (TPSA) is 41.6 Å². The van der Waals surface area contributed by atoms with Gasteiger partial charge in [0.25, 0.3) is 0 Å². The number of thiophene rings is 1. The van der Waals surface area contributed by atoms with Gasteiger partial charge in [-0.15, -0.1) is 11.3 Å². The van der Waals surface area contributed by atoms with Crippen LogP contribution < -0.4 is 5.73 Å². The van der Waals surface area contributed by atoms with Crippen LogP contribution in [0.5, 0.6) is 0 Å². The Labute approximate surface area is 120 Å². The van der Waals surface area contributed by atoms with Crippen molar-refractivity contribution in [1.29, 1.82) is 0 Å². The van der Waals surface area contributed by atoms with Crippen LogP contribution in [0.25, 0.3) is 0 Å². The molecule has 3 nitrogen and oxygen atoms in total. The Balaban J connectivity index is 1.72. The van der Waals surface area contributed by atoms with E-state index in [4.69, 9.17) is 5.73 Å². The predicted octanol–water partition coefficient (Wildman–Crippen LogP) is 2.95. The minimum Gasteiger partial charge on any atom is -0.370 e. The number of likely N-dealkylation sites (tertiary alicyclic amines) is 1. The highest BCUT2D eigenvalue weighted by atomic mass is 79.9. The molecule has 98 valence electrons. The van der Waals surface area contributed by atoms with E-state index in [0.717, 1.165) is 25.6 Å². The molecular weight excluding hydrogens is 310 g/mol. The van der Waals surface area contributed by atoms with Crippen LogP contribution in [0.2, 0.25) is 0 Å². The maximum atomic E-state index is 6.02.